The fraction of sp³-hybridized carbons (Fsp3) is 0.280. The van der Waals surface area contributed by atoms with Crippen LogP contribution in [0.15, 0.2) is 65.7 Å². The van der Waals surface area contributed by atoms with Crippen LogP contribution < -0.4 is 10.6 Å². The molecule has 2 aliphatic heterocycles. The molecule has 0 spiro atoms. The molecule has 2 aliphatic rings. The number of anilines is 1. The molecule has 11 heteroatoms. The lowest BCUT2D eigenvalue weighted by Gasteiger charge is -2.32. The molecule has 0 saturated carbocycles. The fourth-order valence-corrected chi connectivity index (χ4v) is 5.93. The Bertz CT molecular complexity index is 1380. The molecule has 0 aliphatic carbocycles. The van der Waals surface area contributed by atoms with Gasteiger partial charge in [-0.2, -0.15) is 17.5 Å². The second-order valence-corrected chi connectivity index (χ2v) is 10.8. The topological polar surface area (TPSA) is 91.4 Å². The van der Waals surface area contributed by atoms with Crippen LogP contribution in [-0.4, -0.2) is 42.7 Å². The van der Waals surface area contributed by atoms with Crippen LogP contribution in [0.5, 0.6) is 0 Å². The van der Waals surface area contributed by atoms with Gasteiger partial charge in [-0.25, -0.2) is 13.4 Å². The summed E-state index contributed by atoms with van der Waals surface area (Å²) in [6.45, 7) is 1.07. The second kappa shape index (κ2) is 9.21. The number of pyridine rings is 1. The number of sulfonamides is 1. The van der Waals surface area contributed by atoms with E-state index in [1.165, 1.54) is 10.4 Å². The highest BCUT2D eigenvalue weighted by atomic mass is 32.2. The Labute approximate surface area is 206 Å². The second-order valence-electron chi connectivity index (χ2n) is 8.83. The number of piperidine rings is 1. The van der Waals surface area contributed by atoms with Crippen molar-refractivity contribution in [1.29, 1.82) is 0 Å². The first-order valence-electron chi connectivity index (χ1n) is 11.4. The number of benzene rings is 2. The third-order valence-electron chi connectivity index (χ3n) is 6.52. The Morgan fingerprint density at radius 3 is 2.31 bits per heavy atom. The molecular formula is C25H23F3N4O3S. The highest BCUT2D eigenvalue weighted by molar-refractivity contribution is 7.89. The zero-order chi connectivity index (χ0) is 25.5. The van der Waals surface area contributed by atoms with E-state index in [9.17, 15) is 26.4 Å². The third-order valence-corrected chi connectivity index (χ3v) is 8.43. The summed E-state index contributed by atoms with van der Waals surface area (Å²) < 4.78 is 65.9. The molecule has 0 atom stereocenters. The summed E-state index contributed by atoms with van der Waals surface area (Å²) in [7, 11) is -3.70. The summed E-state index contributed by atoms with van der Waals surface area (Å²) in [6.07, 6.45) is -2.67. The summed E-state index contributed by atoms with van der Waals surface area (Å²) in [4.78, 5) is 15.9. The van der Waals surface area contributed by atoms with Gasteiger partial charge in [0.1, 0.15) is 5.82 Å². The minimum Gasteiger partial charge on any atom is -0.367 e. The molecule has 3 aromatic rings. The first-order chi connectivity index (χ1) is 17.1. The smallest absolute Gasteiger partial charge is 0.367 e. The third kappa shape index (κ3) is 4.80. The summed E-state index contributed by atoms with van der Waals surface area (Å²) in [5.74, 6) is 0.210. The van der Waals surface area contributed by atoms with Gasteiger partial charge in [0.2, 0.25) is 10.0 Å². The van der Waals surface area contributed by atoms with E-state index in [0.717, 1.165) is 29.0 Å². The lowest BCUT2D eigenvalue weighted by molar-refractivity contribution is -0.137. The summed E-state index contributed by atoms with van der Waals surface area (Å²) in [5.41, 5.74) is 2.39. The zero-order valence-corrected chi connectivity index (χ0v) is 19.9. The summed E-state index contributed by atoms with van der Waals surface area (Å²) >= 11 is 0. The van der Waals surface area contributed by atoms with Gasteiger partial charge in [0, 0.05) is 37.4 Å². The number of nitrogens with zero attached hydrogens (tertiary/aromatic N) is 2. The molecule has 1 fully saturated rings. The van der Waals surface area contributed by atoms with E-state index in [1.807, 2.05) is 18.2 Å². The van der Waals surface area contributed by atoms with Gasteiger partial charge in [-0.05, 0) is 59.9 Å². The van der Waals surface area contributed by atoms with Crippen LogP contribution >= 0.6 is 0 Å². The molecule has 1 aromatic heterocycles. The van der Waals surface area contributed by atoms with Crippen molar-refractivity contribution in [3.8, 4) is 11.1 Å². The van der Waals surface area contributed by atoms with Crippen molar-refractivity contribution in [3.05, 3.63) is 77.5 Å². The molecule has 0 radical (unpaired) electrons. The first kappa shape index (κ1) is 24.3. The van der Waals surface area contributed by atoms with Crippen molar-refractivity contribution >= 4 is 21.7 Å². The largest absolute Gasteiger partial charge is 0.417 e. The van der Waals surface area contributed by atoms with E-state index < -0.39 is 21.8 Å². The molecule has 7 nitrogen and oxygen atoms in total. The summed E-state index contributed by atoms with van der Waals surface area (Å²) in [5, 5.41) is 5.87. The molecule has 5 rings (SSSR count). The predicted molar refractivity (Wildman–Crippen MR) is 128 cm³/mol. The van der Waals surface area contributed by atoms with Crippen molar-refractivity contribution in [1.82, 2.24) is 14.6 Å². The van der Waals surface area contributed by atoms with Crippen LogP contribution in [0.2, 0.25) is 0 Å². The average molecular weight is 517 g/mol. The molecule has 3 heterocycles. The number of carbonyl (C=O) groups is 1. The van der Waals surface area contributed by atoms with Crippen molar-refractivity contribution < 1.29 is 26.4 Å². The quantitative estimate of drug-likeness (QED) is 0.529. The predicted octanol–water partition coefficient (Wildman–Crippen LogP) is 4.28. The van der Waals surface area contributed by atoms with Crippen LogP contribution in [0.1, 0.15) is 34.3 Å². The highest BCUT2D eigenvalue weighted by Gasteiger charge is 2.32. The number of alkyl halides is 3. The van der Waals surface area contributed by atoms with Crippen LogP contribution in [-0.2, 0) is 22.7 Å². The maximum atomic E-state index is 13.2. The van der Waals surface area contributed by atoms with E-state index in [4.69, 9.17) is 0 Å². The molecule has 188 valence electrons. The minimum atomic E-state index is -4.44. The van der Waals surface area contributed by atoms with Crippen molar-refractivity contribution in [2.75, 3.05) is 18.4 Å². The van der Waals surface area contributed by atoms with Gasteiger partial charge < -0.3 is 10.6 Å². The number of fused-ring (bicyclic) bond motifs is 1. The maximum Gasteiger partial charge on any atom is 0.417 e. The molecule has 1 saturated heterocycles. The SMILES string of the molecule is O=C1NCc2ccc(-c3ccc(S(=O)(=O)N4CCC(Nc5ccc(C(F)(F)F)cn5)CC4)cc3)cc21. The Morgan fingerprint density at radius 1 is 0.972 bits per heavy atom. The Kier molecular flexibility index (Phi) is 6.21. The normalized spacial score (nSPS) is 17.0. The van der Waals surface area contributed by atoms with E-state index in [1.54, 1.807) is 24.3 Å². The maximum absolute atomic E-state index is 13.2. The monoisotopic (exact) mass is 516 g/mol. The number of aromatic nitrogens is 1. The Balaban J connectivity index is 1.22. The average Bonchev–Trinajstić information content (AvgIpc) is 3.24. The van der Waals surface area contributed by atoms with Gasteiger partial charge in [0.25, 0.3) is 5.91 Å². The number of carbonyl (C=O) groups excluding carboxylic acids is 1. The minimum absolute atomic E-state index is 0.0972. The Morgan fingerprint density at radius 2 is 1.67 bits per heavy atom. The fourth-order valence-electron chi connectivity index (χ4n) is 4.46. The van der Waals surface area contributed by atoms with Crippen molar-refractivity contribution in [3.63, 3.8) is 0 Å². The van der Waals surface area contributed by atoms with E-state index in [2.05, 4.69) is 15.6 Å². The standard InChI is InChI=1S/C25H23F3N4O3S/c26-25(27,28)19-5-8-23(29-15-19)31-20-9-11-32(12-10-20)36(34,35)21-6-3-16(4-7-21)17-1-2-18-14-30-24(33)22(18)13-17/h1-8,13,15,20H,9-12,14H2,(H,29,31)(H,30,33). The van der Waals surface area contributed by atoms with Gasteiger partial charge in [0.15, 0.2) is 0 Å². The van der Waals surface area contributed by atoms with Crippen LogP contribution in [0.4, 0.5) is 19.0 Å². The van der Waals surface area contributed by atoms with Gasteiger partial charge in [-0.15, -0.1) is 0 Å². The molecule has 2 N–H and O–H groups in total. The first-order valence-corrected chi connectivity index (χ1v) is 12.9. The lowest BCUT2D eigenvalue weighted by atomic mass is 10.0. The lowest BCUT2D eigenvalue weighted by Crippen LogP contribution is -2.42. The number of nitrogens with one attached hydrogen (secondary N) is 2. The van der Waals surface area contributed by atoms with Gasteiger partial charge in [-0.1, -0.05) is 24.3 Å². The highest BCUT2D eigenvalue weighted by Crippen LogP contribution is 2.30. The molecule has 1 amide bonds. The van der Waals surface area contributed by atoms with Gasteiger partial charge in [-0.3, -0.25) is 4.79 Å². The van der Waals surface area contributed by atoms with Crippen LogP contribution in [0, 0.1) is 0 Å². The molecule has 2 aromatic carbocycles. The number of amides is 1. The number of hydrogen-bond donors (Lipinski definition) is 2. The van der Waals surface area contributed by atoms with Gasteiger partial charge >= 0.3 is 6.18 Å². The number of halogens is 3. The van der Waals surface area contributed by atoms with E-state index in [-0.39, 0.29) is 29.9 Å². The molecule has 0 bridgehead atoms. The molecular weight excluding hydrogens is 493 g/mol. The van der Waals surface area contributed by atoms with E-state index in [0.29, 0.717) is 30.8 Å². The van der Waals surface area contributed by atoms with Crippen LogP contribution in [0.3, 0.4) is 0 Å². The Hall–Kier alpha value is -3.44. The van der Waals surface area contributed by atoms with E-state index >= 15 is 0 Å². The van der Waals surface area contributed by atoms with Crippen molar-refractivity contribution in [2.24, 2.45) is 0 Å². The molecule has 0 unspecified atom stereocenters. The van der Waals surface area contributed by atoms with Gasteiger partial charge in [0.05, 0.1) is 10.5 Å². The number of hydrogen-bond acceptors (Lipinski definition) is 5. The number of rotatable bonds is 5. The zero-order valence-electron chi connectivity index (χ0n) is 19.0. The summed E-state index contributed by atoms with van der Waals surface area (Å²) in [6, 6.07) is 14.3. The van der Waals surface area contributed by atoms with Crippen LogP contribution in [0.25, 0.3) is 11.1 Å². The molecule has 36 heavy (non-hydrogen) atoms. The van der Waals surface area contributed by atoms with Crippen molar-refractivity contribution in [2.45, 2.75) is 36.5 Å².